The molecule has 10 heteroatoms. The van der Waals surface area contributed by atoms with E-state index in [0.29, 0.717) is 32.5 Å². The van der Waals surface area contributed by atoms with Gasteiger partial charge in [-0.2, -0.15) is 5.16 Å². The molecule has 0 radical (unpaired) electrons. The molecule has 1 aromatic heterocycles. The van der Waals surface area contributed by atoms with Crippen LogP contribution < -0.4 is 27.5 Å². The lowest BCUT2D eigenvalue weighted by Gasteiger charge is -2.29. The number of hydrogen-bond donors (Lipinski definition) is 4. The van der Waals surface area contributed by atoms with Crippen LogP contribution in [0.4, 0.5) is 20.2 Å². The predicted octanol–water partition coefficient (Wildman–Crippen LogP) is 1.99. The molecule has 6 N–H and O–H groups in total. The molecular weight excluding hydrogens is 408 g/mol. The average molecular weight is 433 g/mol. The first-order chi connectivity index (χ1) is 15.0. The zero-order chi connectivity index (χ0) is 21.9. The molecule has 8 nitrogen and oxygen atoms in total. The molecular formula is C21H25F2N5O3. The number of H-pyrrole nitrogens is 1. The Morgan fingerprint density at radius 2 is 1.90 bits per heavy atom. The van der Waals surface area contributed by atoms with Gasteiger partial charge in [-0.25, -0.2) is 8.78 Å². The van der Waals surface area contributed by atoms with E-state index in [1.165, 1.54) is 0 Å². The highest BCUT2D eigenvalue weighted by Gasteiger charge is 2.43. The van der Waals surface area contributed by atoms with E-state index in [2.05, 4.69) is 10.6 Å². The van der Waals surface area contributed by atoms with Crippen molar-refractivity contribution in [1.29, 1.82) is 0 Å². The minimum absolute atomic E-state index is 0.142. The number of nitrogen functional groups attached to an aromatic ring is 1. The molecule has 0 amide bonds. The van der Waals surface area contributed by atoms with Gasteiger partial charge in [0.05, 0.1) is 11.3 Å². The van der Waals surface area contributed by atoms with Crippen LogP contribution in [-0.4, -0.2) is 30.6 Å². The number of aromatic amines is 1. The number of aromatic nitrogens is 1. The van der Waals surface area contributed by atoms with E-state index in [1.807, 2.05) is 0 Å². The minimum atomic E-state index is -0.929. The van der Waals surface area contributed by atoms with E-state index in [9.17, 15) is 9.59 Å². The number of anilines is 2. The molecule has 166 valence electrons. The van der Waals surface area contributed by atoms with Crippen molar-refractivity contribution in [1.82, 2.24) is 5.16 Å². The third-order valence-corrected chi connectivity index (χ3v) is 6.94. The van der Waals surface area contributed by atoms with Crippen LogP contribution in [0.1, 0.15) is 58.8 Å². The number of carbonyl (C=O) groups excluding carboxylic acids is 1. The molecule has 2 aliphatic carbocycles. The number of hydrogen-bond acceptors (Lipinski definition) is 7. The number of aryl methyl sites for hydroxylation is 1. The van der Waals surface area contributed by atoms with Gasteiger partial charge in [-0.05, 0) is 50.0 Å². The summed E-state index contributed by atoms with van der Waals surface area (Å²) in [4.78, 5) is 27.3. The fraction of sp³-hybridized carbons (Fsp3) is 0.524. The number of fused-ring (bicyclic) bond motifs is 2. The summed E-state index contributed by atoms with van der Waals surface area (Å²) < 4.78 is 36.9. The van der Waals surface area contributed by atoms with Gasteiger partial charge in [-0.1, -0.05) is 0 Å². The quantitative estimate of drug-likeness (QED) is 0.428. The van der Waals surface area contributed by atoms with E-state index in [0.717, 1.165) is 19.3 Å². The van der Waals surface area contributed by atoms with Gasteiger partial charge >= 0.3 is 0 Å². The molecule has 0 bridgehead atoms. The minimum Gasteiger partial charge on any atom is -0.383 e. The van der Waals surface area contributed by atoms with Crippen molar-refractivity contribution in [3.8, 4) is 0 Å². The number of nitrogens with one attached hydrogen (secondary N) is 2. The highest BCUT2D eigenvalue weighted by molar-refractivity contribution is 6.14. The van der Waals surface area contributed by atoms with Gasteiger partial charge in [0.25, 0.3) is 5.56 Å². The summed E-state index contributed by atoms with van der Waals surface area (Å²) in [5.41, 5.74) is 6.59. The summed E-state index contributed by atoms with van der Waals surface area (Å²) in [5.74, 6) is 3.46. The van der Waals surface area contributed by atoms with Gasteiger partial charge in [-0.15, -0.1) is 0 Å². The van der Waals surface area contributed by atoms with Gasteiger partial charge in [0.2, 0.25) is 5.78 Å². The molecule has 2 heterocycles. The Kier molecular flexibility index (Phi) is 4.86. The van der Waals surface area contributed by atoms with E-state index >= 15 is 8.78 Å². The highest BCUT2D eigenvalue weighted by Crippen LogP contribution is 2.51. The summed E-state index contributed by atoms with van der Waals surface area (Å²) in [5, 5.41) is 2.18. The van der Waals surface area contributed by atoms with Crippen LogP contribution in [-0.2, 0) is 6.42 Å². The summed E-state index contributed by atoms with van der Waals surface area (Å²) in [6, 6.07) is 0. The van der Waals surface area contributed by atoms with Crippen LogP contribution in [0.2, 0.25) is 0 Å². The van der Waals surface area contributed by atoms with E-state index in [4.69, 9.17) is 16.1 Å². The van der Waals surface area contributed by atoms with Crippen LogP contribution in [0.25, 0.3) is 0 Å². The second-order valence-corrected chi connectivity index (χ2v) is 8.76. The average Bonchev–Trinajstić information content (AvgIpc) is 3.36. The van der Waals surface area contributed by atoms with Crippen molar-refractivity contribution in [2.24, 2.45) is 23.4 Å². The molecule has 2 atom stereocenters. The molecule has 2 fully saturated rings. The zero-order valence-corrected chi connectivity index (χ0v) is 17.0. The summed E-state index contributed by atoms with van der Waals surface area (Å²) in [7, 11) is 0. The van der Waals surface area contributed by atoms with Gasteiger partial charge < -0.3 is 20.6 Å². The summed E-state index contributed by atoms with van der Waals surface area (Å²) in [6.45, 7) is 1.33. The third kappa shape index (κ3) is 3.08. The van der Waals surface area contributed by atoms with E-state index in [-0.39, 0.29) is 51.6 Å². The van der Waals surface area contributed by atoms with Gasteiger partial charge in [0, 0.05) is 25.1 Å². The standard InChI is InChI=1S/C21H25F2N5O3/c22-16-13-11(10-1-2-10)3-4-12-14(21(30)27-31-12)20(29)15(13)18(26-25)17(23)19(16)28-6-5-9(7-24)8-28/h9-11,26H,1-8,24-25H2,(H,27,30). The molecule has 31 heavy (non-hydrogen) atoms. The second kappa shape index (κ2) is 7.45. The number of halogens is 2. The first-order valence-corrected chi connectivity index (χ1v) is 10.7. The van der Waals surface area contributed by atoms with Crippen molar-refractivity contribution in [2.45, 2.75) is 38.0 Å². The van der Waals surface area contributed by atoms with Crippen molar-refractivity contribution in [3.63, 3.8) is 0 Å². The normalized spacial score (nSPS) is 23.4. The van der Waals surface area contributed by atoms with Crippen molar-refractivity contribution in [2.75, 3.05) is 30.0 Å². The Bertz CT molecular complexity index is 1110. The molecule has 1 saturated carbocycles. The number of benzene rings is 1. The predicted molar refractivity (Wildman–Crippen MR) is 110 cm³/mol. The number of rotatable bonds is 4. The van der Waals surface area contributed by atoms with Crippen molar-refractivity contribution in [3.05, 3.63) is 44.4 Å². The lowest BCUT2D eigenvalue weighted by Crippen LogP contribution is -2.29. The maximum atomic E-state index is 16.1. The monoisotopic (exact) mass is 433 g/mol. The van der Waals surface area contributed by atoms with Gasteiger partial charge in [0.1, 0.15) is 17.0 Å². The number of nitrogens with two attached hydrogens (primary N) is 2. The fourth-order valence-electron chi connectivity index (χ4n) is 5.19. The van der Waals surface area contributed by atoms with Crippen molar-refractivity contribution >= 4 is 17.2 Å². The van der Waals surface area contributed by atoms with E-state index < -0.39 is 23.0 Å². The maximum absolute atomic E-state index is 16.1. The zero-order valence-electron chi connectivity index (χ0n) is 17.0. The number of nitrogens with zero attached hydrogens (tertiary/aromatic N) is 1. The van der Waals surface area contributed by atoms with E-state index in [1.54, 1.807) is 4.90 Å². The molecule has 3 aliphatic rings. The van der Waals surface area contributed by atoms with Gasteiger partial charge in [0.15, 0.2) is 11.6 Å². The van der Waals surface area contributed by atoms with Crippen LogP contribution in [0, 0.1) is 23.5 Å². The van der Waals surface area contributed by atoms with Crippen LogP contribution >= 0.6 is 0 Å². The second-order valence-electron chi connectivity index (χ2n) is 8.76. The fourth-order valence-corrected chi connectivity index (χ4v) is 5.19. The SMILES string of the molecule is NCC1CCN(c2c(F)c(NN)c3c(c2F)C(C2CC2)CCc2o[nH]c(=O)c2C3=O)C1. The van der Waals surface area contributed by atoms with Crippen molar-refractivity contribution < 1.29 is 18.1 Å². The summed E-state index contributed by atoms with van der Waals surface area (Å²) in [6.07, 6.45) is 3.33. The Morgan fingerprint density at radius 1 is 1.13 bits per heavy atom. The smallest absolute Gasteiger partial charge is 0.291 e. The topological polar surface area (TPSA) is 130 Å². The van der Waals surface area contributed by atoms with Crippen LogP contribution in [0.15, 0.2) is 9.32 Å². The first-order valence-electron chi connectivity index (χ1n) is 10.7. The number of hydrazine groups is 1. The Balaban J connectivity index is 1.77. The Morgan fingerprint density at radius 3 is 2.55 bits per heavy atom. The molecule has 1 aromatic carbocycles. The number of ketones is 1. The largest absolute Gasteiger partial charge is 0.383 e. The molecule has 1 saturated heterocycles. The molecule has 2 aromatic rings. The van der Waals surface area contributed by atoms with Gasteiger partial charge in [-0.3, -0.25) is 15.4 Å². The lowest BCUT2D eigenvalue weighted by atomic mass is 9.80. The molecule has 0 spiro atoms. The third-order valence-electron chi connectivity index (χ3n) is 6.94. The Hall–Kier alpha value is -2.72. The van der Waals surface area contributed by atoms with Crippen LogP contribution in [0.3, 0.4) is 0 Å². The first kappa shape index (κ1) is 20.2. The maximum Gasteiger partial charge on any atom is 0.291 e. The van der Waals surface area contributed by atoms with Crippen LogP contribution in [0.5, 0.6) is 0 Å². The molecule has 1 aliphatic heterocycles. The summed E-state index contributed by atoms with van der Waals surface area (Å²) >= 11 is 0. The molecule has 2 unspecified atom stereocenters. The number of carbonyl (C=O) groups is 1. The highest BCUT2D eigenvalue weighted by atomic mass is 19.1. The Labute approximate surface area is 176 Å². The lowest BCUT2D eigenvalue weighted by molar-refractivity contribution is 0.103. The molecule has 5 rings (SSSR count).